The molecule has 0 atom stereocenters. The third kappa shape index (κ3) is 4.05. The lowest BCUT2D eigenvalue weighted by Gasteiger charge is -2.12. The maximum absolute atomic E-state index is 12.5. The van der Waals surface area contributed by atoms with Crippen molar-refractivity contribution >= 4 is 44.6 Å². The third-order valence-electron chi connectivity index (χ3n) is 3.14. The van der Waals surface area contributed by atoms with E-state index in [2.05, 4.69) is 5.32 Å². The number of anilines is 1. The Balaban J connectivity index is 2.39. The van der Waals surface area contributed by atoms with Crippen LogP contribution in [0.5, 0.6) is 0 Å². The first-order chi connectivity index (χ1) is 10.9. The minimum Gasteiger partial charge on any atom is -0.321 e. The van der Waals surface area contributed by atoms with E-state index in [-0.39, 0.29) is 21.2 Å². The molecule has 7 heteroatoms. The quantitative estimate of drug-likeness (QED) is 0.845. The summed E-state index contributed by atoms with van der Waals surface area (Å²) in [6.07, 6.45) is 0.471. The number of carbonyl (C=O) groups is 1. The number of halogens is 2. The van der Waals surface area contributed by atoms with Gasteiger partial charge in [-0.05, 0) is 30.7 Å². The fourth-order valence-corrected chi connectivity index (χ4v) is 3.98. The van der Waals surface area contributed by atoms with Gasteiger partial charge in [0.2, 0.25) is 0 Å². The number of carbonyl (C=O) groups excluding carboxylic acids is 1. The van der Waals surface area contributed by atoms with Gasteiger partial charge in [0.05, 0.1) is 31.9 Å². The second-order valence-corrected chi connectivity index (χ2v) is 7.73. The maximum Gasteiger partial charge on any atom is 0.257 e. The van der Waals surface area contributed by atoms with Crippen LogP contribution < -0.4 is 5.32 Å². The molecule has 0 spiro atoms. The Morgan fingerprint density at radius 2 is 1.78 bits per heavy atom. The van der Waals surface area contributed by atoms with Crippen LogP contribution in [0.25, 0.3) is 0 Å². The fourth-order valence-electron chi connectivity index (χ4n) is 2.09. The van der Waals surface area contributed by atoms with Crippen LogP contribution >= 0.6 is 23.2 Å². The number of hydrogen-bond donors (Lipinski definition) is 1. The normalized spacial score (nSPS) is 11.3. The van der Waals surface area contributed by atoms with Crippen molar-refractivity contribution < 1.29 is 13.2 Å². The molecule has 2 rings (SSSR count). The highest BCUT2D eigenvalue weighted by Crippen LogP contribution is 2.30. The van der Waals surface area contributed by atoms with E-state index in [0.717, 1.165) is 0 Å². The van der Waals surface area contributed by atoms with Crippen LogP contribution in [0.4, 0.5) is 5.69 Å². The first-order valence-electron chi connectivity index (χ1n) is 6.94. The molecule has 0 aliphatic heterocycles. The molecule has 0 heterocycles. The summed E-state index contributed by atoms with van der Waals surface area (Å²) in [5.41, 5.74) is 0.406. The van der Waals surface area contributed by atoms with E-state index < -0.39 is 15.7 Å². The smallest absolute Gasteiger partial charge is 0.257 e. The van der Waals surface area contributed by atoms with Gasteiger partial charge in [0.15, 0.2) is 9.84 Å². The van der Waals surface area contributed by atoms with E-state index in [9.17, 15) is 13.2 Å². The highest BCUT2D eigenvalue weighted by molar-refractivity contribution is 7.91. The highest BCUT2D eigenvalue weighted by atomic mass is 35.5. The van der Waals surface area contributed by atoms with Gasteiger partial charge in [0.1, 0.15) is 0 Å². The van der Waals surface area contributed by atoms with Gasteiger partial charge in [-0.3, -0.25) is 4.79 Å². The molecular weight excluding hydrogens is 357 g/mol. The minimum absolute atomic E-state index is 0.0116. The predicted molar refractivity (Wildman–Crippen MR) is 93.2 cm³/mol. The molecule has 23 heavy (non-hydrogen) atoms. The molecule has 122 valence electrons. The molecule has 0 unspecified atom stereocenters. The summed E-state index contributed by atoms with van der Waals surface area (Å²) in [4.78, 5) is 12.5. The Hall–Kier alpha value is -1.56. The summed E-state index contributed by atoms with van der Waals surface area (Å²) in [5, 5.41) is 3.11. The fraction of sp³-hybridized carbons (Fsp3) is 0.188. The molecule has 0 saturated carbocycles. The molecule has 1 amide bonds. The van der Waals surface area contributed by atoms with E-state index >= 15 is 0 Å². The van der Waals surface area contributed by atoms with Gasteiger partial charge in [-0.1, -0.05) is 48.3 Å². The summed E-state index contributed by atoms with van der Waals surface area (Å²) in [6, 6.07) is 10.9. The van der Waals surface area contributed by atoms with Crippen LogP contribution in [-0.4, -0.2) is 20.1 Å². The van der Waals surface area contributed by atoms with Crippen molar-refractivity contribution in [2.45, 2.75) is 18.2 Å². The summed E-state index contributed by atoms with van der Waals surface area (Å²) in [5.74, 6) is -0.570. The monoisotopic (exact) mass is 371 g/mol. The van der Waals surface area contributed by atoms with Crippen molar-refractivity contribution in [3.63, 3.8) is 0 Å². The predicted octanol–water partition coefficient (Wildman–Crippen LogP) is 4.43. The molecule has 0 radical (unpaired) electrons. The van der Waals surface area contributed by atoms with Gasteiger partial charge in [0, 0.05) is 0 Å². The number of rotatable bonds is 5. The molecule has 0 aliphatic carbocycles. The van der Waals surface area contributed by atoms with E-state index in [0.29, 0.717) is 17.1 Å². The van der Waals surface area contributed by atoms with Crippen molar-refractivity contribution in [1.82, 2.24) is 0 Å². The molecule has 0 aromatic heterocycles. The lowest BCUT2D eigenvalue weighted by molar-refractivity contribution is 0.102. The summed E-state index contributed by atoms with van der Waals surface area (Å²) in [7, 11) is -3.52. The number of sulfone groups is 1. The zero-order valence-electron chi connectivity index (χ0n) is 12.3. The SMILES string of the molecule is CCCS(=O)(=O)c1ccccc1C(=O)Nc1cccc(Cl)c1Cl. The molecular formula is C16H15Cl2NO3S. The summed E-state index contributed by atoms with van der Waals surface area (Å²) < 4.78 is 24.6. The average Bonchev–Trinajstić information content (AvgIpc) is 2.52. The van der Waals surface area contributed by atoms with Crippen LogP contribution in [0.3, 0.4) is 0 Å². The first kappa shape index (κ1) is 17.8. The van der Waals surface area contributed by atoms with Gasteiger partial charge in [0.25, 0.3) is 5.91 Å². The largest absolute Gasteiger partial charge is 0.321 e. The van der Waals surface area contributed by atoms with E-state index in [1.165, 1.54) is 12.1 Å². The van der Waals surface area contributed by atoms with Crippen molar-refractivity contribution in [2.24, 2.45) is 0 Å². The van der Waals surface area contributed by atoms with Crippen molar-refractivity contribution in [2.75, 3.05) is 11.1 Å². The highest BCUT2D eigenvalue weighted by Gasteiger charge is 2.22. The third-order valence-corrected chi connectivity index (χ3v) is 5.93. The Labute approximate surface area is 145 Å². The maximum atomic E-state index is 12.5. The van der Waals surface area contributed by atoms with Crippen LogP contribution in [0, 0.1) is 0 Å². The Morgan fingerprint density at radius 1 is 1.09 bits per heavy atom. The van der Waals surface area contributed by atoms with Crippen LogP contribution in [0.2, 0.25) is 10.0 Å². The van der Waals surface area contributed by atoms with E-state index in [1.54, 1.807) is 37.3 Å². The molecule has 2 aromatic rings. The lowest BCUT2D eigenvalue weighted by Crippen LogP contribution is -2.18. The summed E-state index contributed by atoms with van der Waals surface area (Å²) in [6.45, 7) is 1.77. The Kier molecular flexibility index (Phi) is 5.68. The number of hydrogen-bond acceptors (Lipinski definition) is 3. The standard InChI is InChI=1S/C16H15Cl2NO3S/c1-2-10-23(21,22)14-9-4-3-6-11(14)16(20)19-13-8-5-7-12(17)15(13)18/h3-9H,2,10H2,1H3,(H,19,20). The second kappa shape index (κ2) is 7.34. The minimum atomic E-state index is -3.52. The van der Waals surface area contributed by atoms with Crippen molar-refractivity contribution in [3.8, 4) is 0 Å². The number of amides is 1. The lowest BCUT2D eigenvalue weighted by atomic mass is 10.2. The van der Waals surface area contributed by atoms with Crippen LogP contribution in [0.15, 0.2) is 47.4 Å². The van der Waals surface area contributed by atoms with Gasteiger partial charge in [-0.2, -0.15) is 0 Å². The number of nitrogens with one attached hydrogen (secondary N) is 1. The van der Waals surface area contributed by atoms with Crippen LogP contribution in [-0.2, 0) is 9.84 Å². The average molecular weight is 372 g/mol. The molecule has 4 nitrogen and oxygen atoms in total. The van der Waals surface area contributed by atoms with E-state index in [4.69, 9.17) is 23.2 Å². The zero-order valence-corrected chi connectivity index (χ0v) is 14.7. The van der Waals surface area contributed by atoms with Crippen molar-refractivity contribution in [3.05, 3.63) is 58.1 Å². The zero-order chi connectivity index (χ0) is 17.0. The topological polar surface area (TPSA) is 63.2 Å². The van der Waals surface area contributed by atoms with Gasteiger partial charge < -0.3 is 5.32 Å². The van der Waals surface area contributed by atoms with Gasteiger partial charge in [-0.25, -0.2) is 8.42 Å². The van der Waals surface area contributed by atoms with E-state index in [1.807, 2.05) is 0 Å². The van der Waals surface area contributed by atoms with Gasteiger partial charge >= 0.3 is 0 Å². The van der Waals surface area contributed by atoms with Crippen LogP contribution in [0.1, 0.15) is 23.7 Å². The molecule has 1 N–H and O–H groups in total. The molecule has 2 aromatic carbocycles. The summed E-state index contributed by atoms with van der Waals surface area (Å²) >= 11 is 11.9. The van der Waals surface area contributed by atoms with Crippen molar-refractivity contribution in [1.29, 1.82) is 0 Å². The Bertz CT molecular complexity index is 835. The molecule has 0 aliphatic rings. The van der Waals surface area contributed by atoms with Gasteiger partial charge in [-0.15, -0.1) is 0 Å². The molecule has 0 saturated heterocycles. The molecule has 0 bridgehead atoms. The first-order valence-corrected chi connectivity index (χ1v) is 9.34. The number of benzene rings is 2. The molecule has 0 fully saturated rings. The second-order valence-electron chi connectivity index (χ2n) is 4.87. The Morgan fingerprint density at radius 3 is 2.48 bits per heavy atom.